The fourth-order valence-corrected chi connectivity index (χ4v) is 3.39. The maximum atomic E-state index is 5.87. The highest BCUT2D eigenvalue weighted by Crippen LogP contribution is 2.26. The van der Waals surface area contributed by atoms with Crippen LogP contribution in [0.1, 0.15) is 11.3 Å². The number of aromatic nitrogens is 5. The van der Waals surface area contributed by atoms with Crippen LogP contribution in [0.2, 0.25) is 0 Å². The van der Waals surface area contributed by atoms with Crippen molar-refractivity contribution in [2.45, 2.75) is 13.3 Å². The summed E-state index contributed by atoms with van der Waals surface area (Å²) in [5, 5.41) is 15.8. The van der Waals surface area contributed by atoms with Gasteiger partial charge in [-0.3, -0.25) is 5.10 Å². The van der Waals surface area contributed by atoms with E-state index in [4.69, 9.17) is 5.73 Å². The molecule has 122 valence electrons. The topological polar surface area (TPSA) is 96.9 Å². The Bertz CT molecular complexity index is 981. The molecule has 0 spiro atoms. The third-order valence-electron chi connectivity index (χ3n) is 3.87. The number of aromatic amines is 1. The summed E-state index contributed by atoms with van der Waals surface area (Å²) in [6.45, 7) is 2.82. The Labute approximate surface area is 142 Å². The lowest BCUT2D eigenvalue weighted by Crippen LogP contribution is -2.05. The van der Waals surface area contributed by atoms with Gasteiger partial charge in [0.25, 0.3) is 0 Å². The number of nitrogen functional groups attached to an aromatic ring is 1. The molecular weight excluding hydrogens is 322 g/mol. The van der Waals surface area contributed by atoms with E-state index in [0.29, 0.717) is 0 Å². The lowest BCUT2D eigenvalue weighted by Gasteiger charge is -2.02. The van der Waals surface area contributed by atoms with Crippen LogP contribution in [0.15, 0.2) is 36.7 Å². The molecule has 0 aliphatic heterocycles. The highest BCUT2D eigenvalue weighted by Gasteiger charge is 2.11. The van der Waals surface area contributed by atoms with E-state index in [1.54, 1.807) is 0 Å². The van der Waals surface area contributed by atoms with Crippen LogP contribution in [0, 0.1) is 6.92 Å². The quantitative estimate of drug-likeness (QED) is 0.486. The molecule has 0 atom stereocenters. The Morgan fingerprint density at radius 2 is 2.25 bits per heavy atom. The van der Waals surface area contributed by atoms with Crippen LogP contribution in [-0.4, -0.2) is 31.3 Å². The first-order chi connectivity index (χ1) is 11.7. The number of H-pyrrole nitrogens is 1. The van der Waals surface area contributed by atoms with Crippen molar-refractivity contribution < 1.29 is 0 Å². The van der Waals surface area contributed by atoms with E-state index >= 15 is 0 Å². The van der Waals surface area contributed by atoms with Gasteiger partial charge in [0.1, 0.15) is 0 Å². The summed E-state index contributed by atoms with van der Waals surface area (Å²) in [5.74, 6) is 0. The molecule has 0 unspecified atom stereocenters. The normalized spacial score (nSPS) is 11.2. The molecule has 0 radical (unpaired) electrons. The van der Waals surface area contributed by atoms with Crippen molar-refractivity contribution in [1.82, 2.24) is 24.8 Å². The van der Waals surface area contributed by atoms with Gasteiger partial charge in [-0.05, 0) is 31.0 Å². The van der Waals surface area contributed by atoms with E-state index in [9.17, 15) is 0 Å². The van der Waals surface area contributed by atoms with E-state index in [1.165, 1.54) is 16.9 Å². The zero-order valence-corrected chi connectivity index (χ0v) is 14.0. The second-order valence-corrected chi connectivity index (χ2v) is 6.52. The summed E-state index contributed by atoms with van der Waals surface area (Å²) in [6, 6.07) is 7.74. The molecule has 0 saturated carbocycles. The standard InChI is InChI=1S/C16H17N7S/c1-10-12(8-20-21-10)5-6-18-15-22-23-14(9-19-16(23)24-15)11-3-2-4-13(17)7-11/h2-4,7-9H,5-6,17H2,1H3,(H,18,22)(H,20,21). The predicted molar refractivity (Wildman–Crippen MR) is 96.2 cm³/mol. The first-order valence-electron chi connectivity index (χ1n) is 7.64. The van der Waals surface area contributed by atoms with Crippen LogP contribution in [-0.2, 0) is 6.42 Å². The minimum absolute atomic E-state index is 0.728. The van der Waals surface area contributed by atoms with E-state index in [-0.39, 0.29) is 0 Å². The molecule has 0 aliphatic carbocycles. The van der Waals surface area contributed by atoms with Gasteiger partial charge < -0.3 is 11.1 Å². The zero-order valence-electron chi connectivity index (χ0n) is 13.2. The average molecular weight is 339 g/mol. The van der Waals surface area contributed by atoms with Gasteiger partial charge in [-0.1, -0.05) is 23.5 Å². The highest BCUT2D eigenvalue weighted by molar-refractivity contribution is 7.20. The van der Waals surface area contributed by atoms with Gasteiger partial charge in [-0.25, -0.2) is 9.50 Å². The molecule has 4 N–H and O–H groups in total. The number of nitrogens with one attached hydrogen (secondary N) is 2. The summed E-state index contributed by atoms with van der Waals surface area (Å²) in [7, 11) is 0. The predicted octanol–water partition coefficient (Wildman–Crippen LogP) is 2.73. The summed E-state index contributed by atoms with van der Waals surface area (Å²) >= 11 is 1.53. The minimum Gasteiger partial charge on any atom is -0.399 e. The largest absolute Gasteiger partial charge is 0.399 e. The first-order valence-corrected chi connectivity index (χ1v) is 8.45. The molecular formula is C16H17N7S. The third kappa shape index (κ3) is 2.71. The fourth-order valence-electron chi connectivity index (χ4n) is 2.59. The number of nitrogens with two attached hydrogens (primary N) is 1. The summed E-state index contributed by atoms with van der Waals surface area (Å²) in [4.78, 5) is 5.30. The van der Waals surface area contributed by atoms with Crippen molar-refractivity contribution >= 4 is 27.1 Å². The molecule has 8 heteroatoms. The molecule has 0 bridgehead atoms. The number of hydrogen-bond donors (Lipinski definition) is 3. The zero-order chi connectivity index (χ0) is 16.5. The van der Waals surface area contributed by atoms with Gasteiger partial charge in [0.2, 0.25) is 10.1 Å². The smallest absolute Gasteiger partial charge is 0.214 e. The van der Waals surface area contributed by atoms with Crippen LogP contribution in [0.3, 0.4) is 0 Å². The van der Waals surface area contributed by atoms with Crippen LogP contribution < -0.4 is 11.1 Å². The third-order valence-corrected chi connectivity index (χ3v) is 4.75. The van der Waals surface area contributed by atoms with Crippen LogP contribution in [0.25, 0.3) is 16.2 Å². The molecule has 0 aliphatic rings. The van der Waals surface area contributed by atoms with Crippen molar-refractivity contribution in [3.8, 4) is 11.3 Å². The second kappa shape index (κ2) is 5.97. The average Bonchev–Trinajstić information content (AvgIpc) is 3.24. The Morgan fingerprint density at radius 1 is 1.33 bits per heavy atom. The van der Waals surface area contributed by atoms with Crippen LogP contribution in [0.5, 0.6) is 0 Å². The number of fused-ring (bicyclic) bond motifs is 1. The maximum Gasteiger partial charge on any atom is 0.214 e. The van der Waals surface area contributed by atoms with E-state index < -0.39 is 0 Å². The molecule has 0 saturated heterocycles. The fraction of sp³-hybridized carbons (Fsp3) is 0.188. The lowest BCUT2D eigenvalue weighted by atomic mass is 10.1. The molecule has 7 nitrogen and oxygen atoms in total. The van der Waals surface area contributed by atoms with Crippen molar-refractivity contribution in [3.05, 3.63) is 47.9 Å². The van der Waals surface area contributed by atoms with Crippen molar-refractivity contribution in [2.24, 2.45) is 0 Å². The van der Waals surface area contributed by atoms with Crippen LogP contribution >= 0.6 is 11.3 Å². The first kappa shape index (κ1) is 14.7. The summed E-state index contributed by atoms with van der Waals surface area (Å²) < 4.78 is 1.85. The molecule has 0 amide bonds. The molecule has 4 rings (SSSR count). The monoisotopic (exact) mass is 339 g/mol. The Balaban J connectivity index is 1.53. The lowest BCUT2D eigenvalue weighted by molar-refractivity contribution is 0.948. The number of rotatable bonds is 5. The number of hydrogen-bond acceptors (Lipinski definition) is 6. The Morgan fingerprint density at radius 3 is 3.04 bits per heavy atom. The summed E-state index contributed by atoms with van der Waals surface area (Å²) in [5.41, 5.74) is 10.9. The highest BCUT2D eigenvalue weighted by atomic mass is 32.1. The van der Waals surface area contributed by atoms with E-state index in [2.05, 4.69) is 25.6 Å². The summed E-state index contributed by atoms with van der Waals surface area (Å²) in [6.07, 6.45) is 4.59. The van der Waals surface area contributed by atoms with Gasteiger partial charge in [-0.15, -0.1) is 5.10 Å². The van der Waals surface area contributed by atoms with E-state index in [0.717, 1.165) is 45.7 Å². The van der Waals surface area contributed by atoms with Crippen molar-refractivity contribution in [1.29, 1.82) is 0 Å². The molecule has 3 aromatic heterocycles. The second-order valence-electron chi connectivity index (χ2n) is 5.57. The van der Waals surface area contributed by atoms with Gasteiger partial charge >= 0.3 is 0 Å². The maximum absolute atomic E-state index is 5.87. The Hall–Kier alpha value is -2.87. The van der Waals surface area contributed by atoms with E-state index in [1.807, 2.05) is 48.1 Å². The van der Waals surface area contributed by atoms with Crippen molar-refractivity contribution in [3.63, 3.8) is 0 Å². The molecule has 3 heterocycles. The molecule has 4 aromatic rings. The van der Waals surface area contributed by atoms with Crippen LogP contribution in [0.4, 0.5) is 10.8 Å². The number of benzene rings is 1. The Kier molecular flexibility index (Phi) is 3.66. The van der Waals surface area contributed by atoms with Gasteiger partial charge in [0.05, 0.1) is 18.1 Å². The molecule has 24 heavy (non-hydrogen) atoms. The van der Waals surface area contributed by atoms with Gasteiger partial charge in [0.15, 0.2) is 0 Å². The minimum atomic E-state index is 0.728. The molecule has 0 fully saturated rings. The number of anilines is 2. The van der Waals surface area contributed by atoms with Gasteiger partial charge in [-0.2, -0.15) is 5.10 Å². The number of imidazole rings is 1. The number of nitrogens with zero attached hydrogens (tertiary/aromatic N) is 4. The SMILES string of the molecule is Cc1[nH]ncc1CCNc1nn2c(-c3cccc(N)c3)cnc2s1. The van der Waals surface area contributed by atoms with Crippen molar-refractivity contribution in [2.75, 3.05) is 17.6 Å². The van der Waals surface area contributed by atoms with Gasteiger partial charge in [0, 0.05) is 23.5 Å². The number of aryl methyl sites for hydroxylation is 1. The molecule has 1 aromatic carbocycles.